The van der Waals surface area contributed by atoms with E-state index in [4.69, 9.17) is 0 Å². The lowest BCUT2D eigenvalue weighted by molar-refractivity contribution is -0.144. The Morgan fingerprint density at radius 2 is 1.64 bits per heavy atom. The maximum atomic E-state index is 12.7. The molecule has 2 aliphatic rings. The minimum Gasteiger partial charge on any atom is -0.365 e. The molecule has 0 bridgehead atoms. The van der Waals surface area contributed by atoms with Gasteiger partial charge < -0.3 is 19.7 Å². The van der Waals surface area contributed by atoms with Crippen molar-refractivity contribution in [1.82, 2.24) is 19.7 Å². The van der Waals surface area contributed by atoms with E-state index in [1.807, 2.05) is 28.1 Å². The number of piperazine rings is 1. The second-order valence-corrected chi connectivity index (χ2v) is 6.86. The van der Waals surface area contributed by atoms with E-state index in [0.717, 1.165) is 18.5 Å². The Morgan fingerprint density at radius 1 is 1.00 bits per heavy atom. The van der Waals surface area contributed by atoms with Crippen LogP contribution in [-0.2, 0) is 20.8 Å². The summed E-state index contributed by atoms with van der Waals surface area (Å²) in [5, 5.41) is 0. The molecule has 0 radical (unpaired) electrons. The number of carbonyl (C=O) groups excluding carboxylic acids is 3. The highest BCUT2D eigenvalue weighted by molar-refractivity contribution is 5.81. The first-order valence-electron chi connectivity index (χ1n) is 8.99. The molecule has 136 valence electrons. The third-order valence-electron chi connectivity index (χ3n) is 5.24. The van der Waals surface area contributed by atoms with Crippen molar-refractivity contribution in [3.63, 3.8) is 0 Å². The van der Waals surface area contributed by atoms with Gasteiger partial charge in [0.25, 0.3) is 0 Å². The van der Waals surface area contributed by atoms with E-state index in [1.165, 1.54) is 0 Å². The minimum absolute atomic E-state index is 0.0109. The van der Waals surface area contributed by atoms with Crippen molar-refractivity contribution >= 4 is 17.7 Å². The van der Waals surface area contributed by atoms with Crippen LogP contribution in [0.15, 0.2) is 18.3 Å². The van der Waals surface area contributed by atoms with Crippen LogP contribution in [0.3, 0.4) is 0 Å². The van der Waals surface area contributed by atoms with Gasteiger partial charge in [-0.05, 0) is 25.0 Å². The van der Waals surface area contributed by atoms with E-state index in [-0.39, 0.29) is 23.6 Å². The van der Waals surface area contributed by atoms with Gasteiger partial charge in [0.1, 0.15) is 0 Å². The average molecular weight is 346 g/mol. The molecular weight excluding hydrogens is 320 g/mol. The summed E-state index contributed by atoms with van der Waals surface area (Å²) >= 11 is 0. The Labute approximate surface area is 148 Å². The molecule has 2 saturated heterocycles. The molecule has 0 aliphatic carbocycles. The summed E-state index contributed by atoms with van der Waals surface area (Å²) in [6, 6.07) is 3.79. The molecule has 2 fully saturated rings. The number of hydrogen-bond donors (Lipinski definition) is 1. The molecule has 1 aromatic rings. The van der Waals surface area contributed by atoms with Gasteiger partial charge in [-0.15, -0.1) is 0 Å². The van der Waals surface area contributed by atoms with Crippen molar-refractivity contribution in [3.8, 4) is 0 Å². The number of carbonyl (C=O) groups is 3. The molecule has 3 rings (SSSR count). The van der Waals surface area contributed by atoms with Gasteiger partial charge in [0.05, 0.1) is 6.42 Å². The Balaban J connectivity index is 1.45. The summed E-state index contributed by atoms with van der Waals surface area (Å²) in [7, 11) is 0. The average Bonchev–Trinajstić information content (AvgIpc) is 3.14. The maximum absolute atomic E-state index is 12.7. The lowest BCUT2D eigenvalue weighted by Gasteiger charge is -2.38. The molecule has 1 aromatic heterocycles. The SMILES string of the molecule is CC(=O)N1CCC(C(=O)N2CCN(C(=O)Cc3ccc[nH]3)CC2)CC1. The highest BCUT2D eigenvalue weighted by Gasteiger charge is 2.31. The number of nitrogens with one attached hydrogen (secondary N) is 1. The maximum Gasteiger partial charge on any atom is 0.228 e. The van der Waals surface area contributed by atoms with E-state index in [2.05, 4.69) is 4.98 Å². The van der Waals surface area contributed by atoms with Gasteiger partial charge >= 0.3 is 0 Å². The van der Waals surface area contributed by atoms with E-state index >= 15 is 0 Å². The summed E-state index contributed by atoms with van der Waals surface area (Å²) in [6.45, 7) is 5.30. The zero-order valence-electron chi connectivity index (χ0n) is 14.7. The van der Waals surface area contributed by atoms with Crippen LogP contribution in [0.2, 0.25) is 0 Å². The number of rotatable bonds is 3. The van der Waals surface area contributed by atoms with E-state index in [9.17, 15) is 14.4 Å². The normalized spacial score (nSPS) is 19.2. The number of nitrogens with zero attached hydrogens (tertiary/aromatic N) is 3. The van der Waals surface area contributed by atoms with Crippen LogP contribution in [0.4, 0.5) is 0 Å². The van der Waals surface area contributed by atoms with E-state index < -0.39 is 0 Å². The summed E-state index contributed by atoms with van der Waals surface area (Å²) in [5.74, 6) is 0.376. The molecule has 1 N–H and O–H groups in total. The van der Waals surface area contributed by atoms with Gasteiger partial charge in [0.15, 0.2) is 0 Å². The van der Waals surface area contributed by atoms with E-state index in [1.54, 1.807) is 11.8 Å². The van der Waals surface area contributed by atoms with Crippen LogP contribution in [0.5, 0.6) is 0 Å². The monoisotopic (exact) mass is 346 g/mol. The van der Waals surface area contributed by atoms with Crippen molar-refractivity contribution in [2.45, 2.75) is 26.2 Å². The predicted octanol–water partition coefficient (Wildman–Crippen LogP) is 0.487. The van der Waals surface area contributed by atoms with E-state index in [0.29, 0.717) is 45.7 Å². The fourth-order valence-electron chi connectivity index (χ4n) is 3.63. The van der Waals surface area contributed by atoms with Crippen LogP contribution >= 0.6 is 0 Å². The minimum atomic E-state index is 0.0109. The lowest BCUT2D eigenvalue weighted by Crippen LogP contribution is -2.53. The summed E-state index contributed by atoms with van der Waals surface area (Å²) in [5.41, 5.74) is 0.917. The number of likely N-dealkylation sites (tertiary alicyclic amines) is 1. The standard InChI is InChI=1S/C18H26N4O3/c1-14(23)20-7-4-15(5-8-20)18(25)22-11-9-21(10-12-22)17(24)13-16-3-2-6-19-16/h2-3,6,15,19H,4-5,7-13H2,1H3. The summed E-state index contributed by atoms with van der Waals surface area (Å²) in [4.78, 5) is 44.9. The Bertz CT molecular complexity index is 612. The number of aromatic nitrogens is 1. The fraction of sp³-hybridized carbons (Fsp3) is 0.611. The molecule has 2 aliphatic heterocycles. The summed E-state index contributed by atoms with van der Waals surface area (Å²) < 4.78 is 0. The Hall–Kier alpha value is -2.31. The number of hydrogen-bond acceptors (Lipinski definition) is 3. The van der Waals surface area contributed by atoms with Crippen LogP contribution in [0.25, 0.3) is 0 Å². The third-order valence-corrected chi connectivity index (χ3v) is 5.24. The predicted molar refractivity (Wildman–Crippen MR) is 92.6 cm³/mol. The molecule has 3 amide bonds. The number of aromatic amines is 1. The Kier molecular flexibility index (Phi) is 5.40. The second kappa shape index (κ2) is 7.72. The Morgan fingerprint density at radius 3 is 2.20 bits per heavy atom. The number of piperidine rings is 1. The third kappa shape index (κ3) is 4.21. The van der Waals surface area contributed by atoms with Gasteiger partial charge in [-0.1, -0.05) is 0 Å². The number of amides is 3. The van der Waals surface area contributed by atoms with Crippen LogP contribution in [-0.4, -0.2) is 76.7 Å². The number of H-pyrrole nitrogens is 1. The lowest BCUT2D eigenvalue weighted by atomic mass is 9.95. The molecule has 0 saturated carbocycles. The van der Waals surface area contributed by atoms with Crippen molar-refractivity contribution in [2.24, 2.45) is 5.92 Å². The molecule has 3 heterocycles. The topological polar surface area (TPSA) is 76.7 Å². The zero-order chi connectivity index (χ0) is 17.8. The van der Waals surface area contributed by atoms with Gasteiger partial charge in [-0.3, -0.25) is 14.4 Å². The highest BCUT2D eigenvalue weighted by atomic mass is 16.2. The molecule has 0 spiro atoms. The molecule has 7 nitrogen and oxygen atoms in total. The van der Waals surface area contributed by atoms with Crippen molar-refractivity contribution in [1.29, 1.82) is 0 Å². The largest absolute Gasteiger partial charge is 0.365 e. The highest BCUT2D eigenvalue weighted by Crippen LogP contribution is 2.20. The first kappa shape index (κ1) is 17.5. The van der Waals surface area contributed by atoms with Crippen molar-refractivity contribution in [3.05, 3.63) is 24.0 Å². The van der Waals surface area contributed by atoms with Crippen molar-refractivity contribution in [2.75, 3.05) is 39.3 Å². The molecule has 0 unspecified atom stereocenters. The van der Waals surface area contributed by atoms with Crippen LogP contribution in [0.1, 0.15) is 25.5 Å². The first-order chi connectivity index (χ1) is 12.0. The molecule has 0 atom stereocenters. The van der Waals surface area contributed by atoms with Crippen LogP contribution in [0, 0.1) is 5.92 Å². The van der Waals surface area contributed by atoms with Crippen LogP contribution < -0.4 is 0 Å². The molecule has 0 aromatic carbocycles. The van der Waals surface area contributed by atoms with Gasteiger partial charge in [0.2, 0.25) is 17.7 Å². The van der Waals surface area contributed by atoms with Gasteiger partial charge in [0, 0.05) is 64.0 Å². The smallest absolute Gasteiger partial charge is 0.228 e. The second-order valence-electron chi connectivity index (χ2n) is 6.86. The zero-order valence-corrected chi connectivity index (χ0v) is 14.7. The molecule has 25 heavy (non-hydrogen) atoms. The van der Waals surface area contributed by atoms with Gasteiger partial charge in [-0.2, -0.15) is 0 Å². The van der Waals surface area contributed by atoms with Gasteiger partial charge in [-0.25, -0.2) is 0 Å². The quantitative estimate of drug-likeness (QED) is 0.865. The first-order valence-corrected chi connectivity index (χ1v) is 8.99. The fourth-order valence-corrected chi connectivity index (χ4v) is 3.63. The molecule has 7 heteroatoms. The van der Waals surface area contributed by atoms with Crippen molar-refractivity contribution < 1.29 is 14.4 Å². The summed E-state index contributed by atoms with van der Waals surface area (Å²) in [6.07, 6.45) is 3.68. The molecular formula is C18H26N4O3.